The number of ether oxygens (including phenoxy) is 1. The number of anilines is 1. The van der Waals surface area contributed by atoms with Crippen molar-refractivity contribution in [2.45, 2.75) is 58.8 Å². The fourth-order valence-electron chi connectivity index (χ4n) is 3.79. The first-order valence-electron chi connectivity index (χ1n) is 10.2. The lowest BCUT2D eigenvalue weighted by molar-refractivity contribution is 0.260. The standard InChI is InChI=1S/C20H30N6O3S/c1-12(2)17-13(3)18(14-7-6-8-15(14)24-17)25-20(27)26-30(22,28)16(11-21)19-23-9-4-5-10-29-19/h11-12H,4-10,21H2,1-3H3,(H3,22,24,25,26,27,28)/b16-11+. The number of urea groups is 1. The second-order valence-electron chi connectivity index (χ2n) is 7.79. The number of aromatic nitrogens is 1. The number of nitrogens with zero attached hydrogens (tertiary/aromatic N) is 3. The molecule has 164 valence electrons. The number of nitrogens with one attached hydrogen (secondary N) is 1. The molecule has 30 heavy (non-hydrogen) atoms. The maximum absolute atomic E-state index is 13.1. The van der Waals surface area contributed by atoms with E-state index in [9.17, 15) is 9.00 Å². The van der Waals surface area contributed by atoms with Gasteiger partial charge in [-0.25, -0.2) is 14.1 Å². The highest BCUT2D eigenvalue weighted by atomic mass is 32.2. The zero-order valence-electron chi connectivity index (χ0n) is 17.7. The molecule has 1 unspecified atom stereocenters. The number of rotatable bonds is 4. The lowest BCUT2D eigenvalue weighted by Crippen LogP contribution is -2.26. The van der Waals surface area contributed by atoms with Crippen molar-refractivity contribution in [3.05, 3.63) is 33.6 Å². The predicted octanol–water partition coefficient (Wildman–Crippen LogP) is 2.88. The maximum Gasteiger partial charge on any atom is 0.354 e. The van der Waals surface area contributed by atoms with Crippen LogP contribution in [0.1, 0.15) is 61.5 Å². The summed E-state index contributed by atoms with van der Waals surface area (Å²) >= 11 is 0. The third-order valence-electron chi connectivity index (χ3n) is 5.23. The van der Waals surface area contributed by atoms with Crippen LogP contribution in [0.3, 0.4) is 0 Å². The van der Waals surface area contributed by atoms with E-state index in [1.165, 1.54) is 0 Å². The zero-order chi connectivity index (χ0) is 21.9. The molecule has 2 aliphatic rings. The smallest absolute Gasteiger partial charge is 0.354 e. The summed E-state index contributed by atoms with van der Waals surface area (Å²) in [4.78, 5) is 21.7. The van der Waals surface area contributed by atoms with Crippen molar-refractivity contribution in [2.75, 3.05) is 18.5 Å². The number of carbonyl (C=O) groups excluding carboxylic acids is 1. The minimum atomic E-state index is -3.63. The van der Waals surface area contributed by atoms with Crippen molar-refractivity contribution in [3.8, 4) is 0 Å². The monoisotopic (exact) mass is 434 g/mol. The molecule has 5 N–H and O–H groups in total. The SMILES string of the molecule is Cc1c(C(C)C)nc2c(c1NC(=O)N=S(N)(=O)/C(=C/N)C1=NCCCCO1)CCC2. The van der Waals surface area contributed by atoms with E-state index in [0.717, 1.165) is 60.8 Å². The molecule has 2 heterocycles. The van der Waals surface area contributed by atoms with Crippen LogP contribution in [0.2, 0.25) is 0 Å². The second kappa shape index (κ2) is 9.13. The van der Waals surface area contributed by atoms with Gasteiger partial charge in [-0.1, -0.05) is 13.8 Å². The molecule has 0 aromatic carbocycles. The number of nitrogens with two attached hydrogens (primary N) is 2. The average molecular weight is 435 g/mol. The summed E-state index contributed by atoms with van der Waals surface area (Å²) in [6.07, 6.45) is 5.39. The predicted molar refractivity (Wildman–Crippen MR) is 119 cm³/mol. The molecule has 9 nitrogen and oxygen atoms in total. The van der Waals surface area contributed by atoms with E-state index < -0.39 is 15.9 Å². The molecule has 3 rings (SSSR count). The van der Waals surface area contributed by atoms with Crippen LogP contribution in [0.25, 0.3) is 0 Å². The third kappa shape index (κ3) is 4.65. The molecule has 0 radical (unpaired) electrons. The zero-order valence-corrected chi connectivity index (χ0v) is 18.6. The normalized spacial score (nSPS) is 18.7. The second-order valence-corrected chi connectivity index (χ2v) is 9.55. The van der Waals surface area contributed by atoms with Crippen LogP contribution in [0.4, 0.5) is 10.5 Å². The highest BCUT2D eigenvalue weighted by Crippen LogP contribution is 2.34. The van der Waals surface area contributed by atoms with Gasteiger partial charge in [0.25, 0.3) is 0 Å². The van der Waals surface area contributed by atoms with E-state index in [4.69, 9.17) is 20.6 Å². The van der Waals surface area contributed by atoms with Crippen LogP contribution >= 0.6 is 0 Å². The van der Waals surface area contributed by atoms with E-state index in [0.29, 0.717) is 18.8 Å². The fraction of sp³-hybridized carbons (Fsp3) is 0.550. The first kappa shape index (κ1) is 22.2. The highest BCUT2D eigenvalue weighted by molar-refractivity contribution is 7.96. The summed E-state index contributed by atoms with van der Waals surface area (Å²) in [5.74, 6) is 0.293. The number of aryl methyl sites for hydroxylation is 1. The van der Waals surface area contributed by atoms with Crippen molar-refractivity contribution in [2.24, 2.45) is 20.2 Å². The maximum atomic E-state index is 13.1. The topological polar surface area (TPSA) is 145 Å². The fourth-order valence-corrected chi connectivity index (χ4v) is 4.75. The van der Waals surface area contributed by atoms with Crippen molar-refractivity contribution in [1.82, 2.24) is 4.98 Å². The molecule has 1 aromatic heterocycles. The summed E-state index contributed by atoms with van der Waals surface area (Å²) in [6, 6.07) is -0.797. The van der Waals surface area contributed by atoms with Gasteiger partial charge in [-0.05, 0) is 56.1 Å². The van der Waals surface area contributed by atoms with Crippen LogP contribution < -0.4 is 16.2 Å². The van der Waals surface area contributed by atoms with Crippen LogP contribution in [0.15, 0.2) is 20.5 Å². The Morgan fingerprint density at radius 2 is 2.07 bits per heavy atom. The van der Waals surface area contributed by atoms with Gasteiger partial charge in [-0.3, -0.25) is 9.98 Å². The summed E-state index contributed by atoms with van der Waals surface area (Å²) < 4.78 is 22.3. The Labute approximate surface area is 177 Å². The van der Waals surface area contributed by atoms with Crippen molar-refractivity contribution >= 4 is 27.5 Å². The Morgan fingerprint density at radius 3 is 2.77 bits per heavy atom. The molecule has 1 atom stereocenters. The Bertz CT molecular complexity index is 1020. The molecule has 0 spiro atoms. The van der Waals surface area contributed by atoms with Gasteiger partial charge in [-0.15, -0.1) is 4.36 Å². The molecule has 0 saturated carbocycles. The Hall–Kier alpha value is -2.46. The van der Waals surface area contributed by atoms with E-state index in [-0.39, 0.29) is 16.7 Å². The molecule has 1 aromatic rings. The van der Waals surface area contributed by atoms with Crippen LogP contribution in [0.5, 0.6) is 0 Å². The molecule has 0 bridgehead atoms. The highest BCUT2D eigenvalue weighted by Gasteiger charge is 2.25. The quantitative estimate of drug-likeness (QED) is 0.667. The summed E-state index contributed by atoms with van der Waals surface area (Å²) in [6.45, 7) is 6.97. The molecular formula is C20H30N6O3S. The lowest BCUT2D eigenvalue weighted by Gasteiger charge is -2.18. The van der Waals surface area contributed by atoms with Crippen molar-refractivity contribution in [3.63, 3.8) is 0 Å². The van der Waals surface area contributed by atoms with E-state index in [2.05, 4.69) is 28.5 Å². The Morgan fingerprint density at radius 1 is 1.30 bits per heavy atom. The van der Waals surface area contributed by atoms with Gasteiger partial charge < -0.3 is 15.8 Å². The average Bonchev–Trinajstić information content (AvgIpc) is 2.98. The van der Waals surface area contributed by atoms with Gasteiger partial charge in [0.1, 0.15) is 4.91 Å². The number of amides is 2. The van der Waals surface area contributed by atoms with Crippen molar-refractivity contribution < 1.29 is 13.7 Å². The molecule has 1 aliphatic heterocycles. The first-order valence-corrected chi connectivity index (χ1v) is 11.8. The Balaban J connectivity index is 1.93. The summed E-state index contributed by atoms with van der Waals surface area (Å²) in [5, 5.41) is 8.72. The molecule has 2 amide bonds. The van der Waals surface area contributed by atoms with E-state index in [1.807, 2.05) is 6.92 Å². The minimum absolute atomic E-state index is 0.0703. The summed E-state index contributed by atoms with van der Waals surface area (Å²) in [5.41, 5.74) is 10.2. The van der Waals surface area contributed by atoms with Crippen LogP contribution in [0, 0.1) is 6.92 Å². The number of carbonyl (C=O) groups is 1. The third-order valence-corrected chi connectivity index (χ3v) is 6.60. The van der Waals surface area contributed by atoms with Gasteiger partial charge in [0.05, 0.1) is 12.3 Å². The van der Waals surface area contributed by atoms with E-state index in [1.54, 1.807) is 0 Å². The number of pyridine rings is 1. The van der Waals surface area contributed by atoms with Crippen LogP contribution in [-0.2, 0) is 27.5 Å². The number of hydrogen-bond acceptors (Lipinski definition) is 6. The van der Waals surface area contributed by atoms with Crippen LogP contribution in [-0.4, -0.2) is 34.3 Å². The van der Waals surface area contributed by atoms with Gasteiger partial charge in [0, 0.05) is 24.1 Å². The molecule has 1 aliphatic carbocycles. The largest absolute Gasteiger partial charge is 0.477 e. The molecule has 0 fully saturated rings. The van der Waals surface area contributed by atoms with Gasteiger partial charge in [-0.2, -0.15) is 0 Å². The lowest BCUT2D eigenvalue weighted by atomic mass is 9.99. The van der Waals surface area contributed by atoms with Crippen molar-refractivity contribution in [1.29, 1.82) is 0 Å². The molecule has 0 saturated heterocycles. The van der Waals surface area contributed by atoms with Gasteiger partial charge in [0.2, 0.25) is 5.90 Å². The summed E-state index contributed by atoms with van der Waals surface area (Å²) in [7, 11) is -3.63. The Kier molecular flexibility index (Phi) is 6.77. The molecule has 10 heteroatoms. The van der Waals surface area contributed by atoms with Gasteiger partial charge in [0.15, 0.2) is 9.92 Å². The number of fused-ring (bicyclic) bond motifs is 1. The molecular weight excluding hydrogens is 404 g/mol. The van der Waals surface area contributed by atoms with E-state index >= 15 is 0 Å². The van der Waals surface area contributed by atoms with Gasteiger partial charge >= 0.3 is 6.03 Å². The first-order chi connectivity index (χ1) is 14.2. The minimum Gasteiger partial charge on any atom is -0.477 e. The number of hydrogen-bond donors (Lipinski definition) is 3. The number of aliphatic imine (C=N–C) groups is 1.